The number of rotatable bonds is 3. The molecule has 0 N–H and O–H groups in total. The Morgan fingerprint density at radius 1 is 1.57 bits per heavy atom. The van der Waals surface area contributed by atoms with Gasteiger partial charge in [0.1, 0.15) is 5.56 Å². The Labute approximate surface area is 77.5 Å². The van der Waals surface area contributed by atoms with Gasteiger partial charge in [0.2, 0.25) is 0 Å². The van der Waals surface area contributed by atoms with Gasteiger partial charge < -0.3 is 14.9 Å². The molecule has 0 saturated carbocycles. The number of nitro groups is 1. The highest BCUT2D eigenvalue weighted by Crippen LogP contribution is 2.28. The van der Waals surface area contributed by atoms with Crippen molar-refractivity contribution in [3.63, 3.8) is 0 Å². The van der Waals surface area contributed by atoms with E-state index in [9.17, 15) is 18.9 Å². The van der Waals surface area contributed by atoms with E-state index in [4.69, 9.17) is 0 Å². The van der Waals surface area contributed by atoms with Crippen LogP contribution in [0.1, 0.15) is 12.0 Å². The number of alkyl halides is 2. The van der Waals surface area contributed by atoms with E-state index in [1.807, 2.05) is 0 Å². The van der Waals surface area contributed by atoms with Crippen molar-refractivity contribution in [1.29, 1.82) is 0 Å². The Bertz CT molecular complexity index is 357. The molecule has 5 nitrogen and oxygen atoms in total. The predicted molar refractivity (Wildman–Crippen MR) is 42.4 cm³/mol. The molecule has 1 rings (SSSR count). The zero-order valence-electron chi connectivity index (χ0n) is 7.11. The van der Waals surface area contributed by atoms with Crippen LogP contribution in [0.25, 0.3) is 0 Å². The monoisotopic (exact) mass is 204 g/mol. The molecule has 0 atom stereocenters. The van der Waals surface area contributed by atoms with Crippen LogP contribution < -0.4 is 4.74 Å². The summed E-state index contributed by atoms with van der Waals surface area (Å²) in [6, 6.07) is 2.07. The molecule has 0 aromatic carbocycles. The van der Waals surface area contributed by atoms with Crippen molar-refractivity contribution in [3.05, 3.63) is 27.8 Å². The Morgan fingerprint density at radius 3 is 2.64 bits per heavy atom. The Morgan fingerprint density at radius 2 is 2.21 bits per heavy atom. The maximum Gasteiger partial charge on any atom is 0.376 e. The standard InChI is InChI=1S/C7H6F2N2O3/c1-14-5-3-2-4(6(8)9)7(10-5)11(12)13/h2-3,6H,1H3. The second kappa shape index (κ2) is 3.95. The molecule has 0 saturated heterocycles. The molecule has 0 radical (unpaired) electrons. The first-order valence-corrected chi connectivity index (χ1v) is 3.53. The molecule has 0 unspecified atom stereocenters. The largest absolute Gasteiger partial charge is 0.463 e. The van der Waals surface area contributed by atoms with Crippen LogP contribution in [0.4, 0.5) is 14.6 Å². The fourth-order valence-electron chi connectivity index (χ4n) is 0.872. The summed E-state index contributed by atoms with van der Waals surface area (Å²) in [7, 11) is 1.24. The van der Waals surface area contributed by atoms with Gasteiger partial charge in [-0.2, -0.15) is 0 Å². The Kier molecular flexibility index (Phi) is 2.90. The van der Waals surface area contributed by atoms with E-state index in [-0.39, 0.29) is 5.88 Å². The minimum atomic E-state index is -2.92. The number of halogens is 2. The van der Waals surface area contributed by atoms with E-state index < -0.39 is 22.7 Å². The highest BCUT2D eigenvalue weighted by molar-refractivity contribution is 5.36. The van der Waals surface area contributed by atoms with Crippen molar-refractivity contribution >= 4 is 5.82 Å². The number of nitrogens with zero attached hydrogens (tertiary/aromatic N) is 2. The molecular weight excluding hydrogens is 198 g/mol. The zero-order chi connectivity index (χ0) is 10.7. The summed E-state index contributed by atoms with van der Waals surface area (Å²) in [5, 5.41) is 10.3. The van der Waals surface area contributed by atoms with E-state index in [0.29, 0.717) is 0 Å². The van der Waals surface area contributed by atoms with E-state index >= 15 is 0 Å². The Hall–Kier alpha value is -1.79. The fraction of sp³-hybridized carbons (Fsp3) is 0.286. The summed E-state index contributed by atoms with van der Waals surface area (Å²) in [5.74, 6) is -0.944. The normalized spacial score (nSPS) is 10.3. The van der Waals surface area contributed by atoms with Crippen molar-refractivity contribution in [2.45, 2.75) is 6.43 Å². The third-order valence-electron chi connectivity index (χ3n) is 1.50. The minimum Gasteiger partial charge on any atom is -0.463 e. The van der Waals surface area contributed by atoms with E-state index in [1.54, 1.807) is 0 Å². The summed E-state index contributed by atoms with van der Waals surface area (Å²) >= 11 is 0. The van der Waals surface area contributed by atoms with E-state index in [2.05, 4.69) is 9.72 Å². The summed E-state index contributed by atoms with van der Waals surface area (Å²) in [6.45, 7) is 0. The minimum absolute atomic E-state index is 0.0684. The van der Waals surface area contributed by atoms with Crippen LogP contribution in [0.2, 0.25) is 0 Å². The molecule has 0 aliphatic carbocycles. The SMILES string of the molecule is COc1ccc(C(F)F)c([N+](=O)[O-])n1. The van der Waals surface area contributed by atoms with Crippen LogP contribution in [0, 0.1) is 10.1 Å². The lowest BCUT2D eigenvalue weighted by Crippen LogP contribution is -2.00. The second-order valence-electron chi connectivity index (χ2n) is 2.32. The molecule has 0 aliphatic heterocycles. The van der Waals surface area contributed by atoms with Crippen LogP contribution in [0.15, 0.2) is 12.1 Å². The summed E-state index contributed by atoms with van der Waals surface area (Å²) in [5.41, 5.74) is -0.712. The van der Waals surface area contributed by atoms with E-state index in [1.165, 1.54) is 7.11 Å². The molecule has 1 aromatic rings. The quantitative estimate of drug-likeness (QED) is 0.557. The lowest BCUT2D eigenvalue weighted by molar-refractivity contribution is -0.391. The van der Waals surface area contributed by atoms with Crippen LogP contribution in [-0.2, 0) is 0 Å². The van der Waals surface area contributed by atoms with Gasteiger partial charge >= 0.3 is 11.7 Å². The highest BCUT2D eigenvalue weighted by Gasteiger charge is 2.24. The number of pyridine rings is 1. The number of hydrogen-bond donors (Lipinski definition) is 0. The van der Waals surface area contributed by atoms with Gasteiger partial charge in [0.15, 0.2) is 0 Å². The average Bonchev–Trinajstić information content (AvgIpc) is 2.16. The van der Waals surface area contributed by atoms with Gasteiger partial charge in [-0.15, -0.1) is 0 Å². The first kappa shape index (κ1) is 10.3. The lowest BCUT2D eigenvalue weighted by atomic mass is 10.2. The molecule has 0 aliphatic rings. The number of hydrogen-bond acceptors (Lipinski definition) is 4. The molecular formula is C7H6F2N2O3. The van der Waals surface area contributed by atoms with Gasteiger partial charge in [-0.05, 0) is 11.0 Å². The third-order valence-corrected chi connectivity index (χ3v) is 1.50. The van der Waals surface area contributed by atoms with Crippen LogP contribution in [0.3, 0.4) is 0 Å². The first-order valence-electron chi connectivity index (χ1n) is 3.53. The van der Waals surface area contributed by atoms with Gasteiger partial charge in [-0.25, -0.2) is 8.78 Å². The van der Waals surface area contributed by atoms with Crippen molar-refractivity contribution in [1.82, 2.24) is 4.98 Å². The van der Waals surface area contributed by atoms with Gasteiger partial charge in [0, 0.05) is 11.1 Å². The molecule has 0 amide bonds. The molecule has 1 aromatic heterocycles. The van der Waals surface area contributed by atoms with Gasteiger partial charge in [0.25, 0.3) is 6.43 Å². The predicted octanol–water partition coefficient (Wildman–Crippen LogP) is 1.94. The molecule has 0 spiro atoms. The maximum absolute atomic E-state index is 12.2. The smallest absolute Gasteiger partial charge is 0.376 e. The lowest BCUT2D eigenvalue weighted by Gasteiger charge is -2.01. The van der Waals surface area contributed by atoms with Crippen molar-refractivity contribution < 1.29 is 18.4 Å². The van der Waals surface area contributed by atoms with Crippen molar-refractivity contribution in [2.24, 2.45) is 0 Å². The van der Waals surface area contributed by atoms with E-state index in [0.717, 1.165) is 12.1 Å². The van der Waals surface area contributed by atoms with Crippen LogP contribution in [0.5, 0.6) is 5.88 Å². The molecule has 1 heterocycles. The number of aromatic nitrogens is 1. The first-order chi connectivity index (χ1) is 6.56. The zero-order valence-corrected chi connectivity index (χ0v) is 7.11. The number of ether oxygens (including phenoxy) is 1. The van der Waals surface area contributed by atoms with Gasteiger partial charge in [-0.1, -0.05) is 0 Å². The summed E-state index contributed by atoms with van der Waals surface area (Å²) in [4.78, 5) is 12.7. The van der Waals surface area contributed by atoms with Crippen molar-refractivity contribution in [2.75, 3.05) is 7.11 Å². The summed E-state index contributed by atoms with van der Waals surface area (Å²) < 4.78 is 29.1. The highest BCUT2D eigenvalue weighted by atomic mass is 19.3. The third kappa shape index (κ3) is 1.93. The maximum atomic E-state index is 12.2. The molecule has 14 heavy (non-hydrogen) atoms. The topological polar surface area (TPSA) is 65.3 Å². The molecule has 76 valence electrons. The number of methoxy groups -OCH3 is 1. The fourth-order valence-corrected chi connectivity index (χ4v) is 0.872. The average molecular weight is 204 g/mol. The van der Waals surface area contributed by atoms with Crippen LogP contribution in [-0.4, -0.2) is 17.0 Å². The van der Waals surface area contributed by atoms with Gasteiger partial charge in [-0.3, -0.25) is 0 Å². The van der Waals surface area contributed by atoms with Gasteiger partial charge in [0.05, 0.1) is 7.11 Å². The second-order valence-corrected chi connectivity index (χ2v) is 2.32. The Balaban J connectivity index is 3.24. The molecule has 0 fully saturated rings. The van der Waals surface area contributed by atoms with Crippen molar-refractivity contribution in [3.8, 4) is 5.88 Å². The van der Waals surface area contributed by atoms with Crippen LogP contribution >= 0.6 is 0 Å². The molecule has 7 heteroatoms. The molecule has 0 bridgehead atoms. The summed E-state index contributed by atoms with van der Waals surface area (Å²) in [6.07, 6.45) is -2.92.